The molecular formula is C30H50O3. The van der Waals surface area contributed by atoms with Crippen LogP contribution in [0.2, 0.25) is 0 Å². The minimum atomic E-state index is -0.358. The summed E-state index contributed by atoms with van der Waals surface area (Å²) in [6.45, 7) is 18.0. The molecule has 2 saturated carbocycles. The van der Waals surface area contributed by atoms with Crippen molar-refractivity contribution in [3.05, 3.63) is 29.3 Å². The Morgan fingerprint density at radius 3 is 1.79 bits per heavy atom. The van der Waals surface area contributed by atoms with Crippen molar-refractivity contribution in [1.82, 2.24) is 0 Å². The second kappa shape index (κ2) is 9.90. The molecule has 1 N–H and O–H groups in total. The Bertz CT molecular complexity index is 798. The summed E-state index contributed by atoms with van der Waals surface area (Å²) < 4.78 is 13.7. The predicted molar refractivity (Wildman–Crippen MR) is 138 cm³/mol. The predicted octanol–water partition coefficient (Wildman–Crippen LogP) is 8.01. The monoisotopic (exact) mass is 458 g/mol. The normalized spacial score (nSPS) is 31.5. The summed E-state index contributed by atoms with van der Waals surface area (Å²) in [5, 5.41) is 10.9. The van der Waals surface area contributed by atoms with Gasteiger partial charge in [-0.3, -0.25) is 0 Å². The highest BCUT2D eigenvalue weighted by Crippen LogP contribution is 2.42. The number of benzene rings is 1. The van der Waals surface area contributed by atoms with Gasteiger partial charge in [-0.25, -0.2) is 0 Å². The van der Waals surface area contributed by atoms with Crippen molar-refractivity contribution in [2.24, 2.45) is 11.8 Å². The topological polar surface area (TPSA) is 38.7 Å². The second-order valence-electron chi connectivity index (χ2n) is 12.9. The average molecular weight is 459 g/mol. The molecule has 2 aliphatic rings. The zero-order valence-corrected chi connectivity index (χ0v) is 22.7. The van der Waals surface area contributed by atoms with E-state index >= 15 is 0 Å². The van der Waals surface area contributed by atoms with Crippen LogP contribution in [-0.2, 0) is 22.3 Å². The summed E-state index contributed by atoms with van der Waals surface area (Å²) in [4.78, 5) is 0. The minimum absolute atomic E-state index is 0.0766. The van der Waals surface area contributed by atoms with Gasteiger partial charge in [0, 0.05) is 12.8 Å². The first-order chi connectivity index (χ1) is 15.3. The molecule has 0 spiro atoms. The highest BCUT2D eigenvalue weighted by Gasteiger charge is 2.41. The van der Waals surface area contributed by atoms with Gasteiger partial charge in [0.05, 0.1) is 22.4 Å². The van der Waals surface area contributed by atoms with Gasteiger partial charge in [-0.05, 0) is 96.3 Å². The zero-order chi connectivity index (χ0) is 24.5. The molecule has 3 nitrogen and oxygen atoms in total. The molecule has 4 atom stereocenters. The lowest BCUT2D eigenvalue weighted by Crippen LogP contribution is -2.47. The molecule has 0 heterocycles. The molecule has 1 aromatic rings. The first-order valence-electron chi connectivity index (χ1n) is 13.5. The lowest BCUT2D eigenvalue weighted by Gasteiger charge is -2.46. The Labute approximate surface area is 203 Å². The maximum absolute atomic E-state index is 10.9. The molecule has 2 aliphatic carbocycles. The van der Waals surface area contributed by atoms with Gasteiger partial charge in [0.2, 0.25) is 0 Å². The average Bonchev–Trinajstić information content (AvgIpc) is 2.68. The summed E-state index contributed by atoms with van der Waals surface area (Å²) in [5.74, 6) is 1.50. The Morgan fingerprint density at radius 2 is 1.30 bits per heavy atom. The van der Waals surface area contributed by atoms with Crippen LogP contribution >= 0.6 is 0 Å². The maximum Gasteiger partial charge on any atom is 0.119 e. The summed E-state index contributed by atoms with van der Waals surface area (Å²) in [6.07, 6.45) is 11.3. The third kappa shape index (κ3) is 6.54. The van der Waals surface area contributed by atoms with Crippen LogP contribution in [0.1, 0.15) is 118 Å². The van der Waals surface area contributed by atoms with Crippen LogP contribution in [0.4, 0.5) is 0 Å². The van der Waals surface area contributed by atoms with Crippen molar-refractivity contribution in [3.63, 3.8) is 0 Å². The fraction of sp³-hybridized carbons (Fsp3) is 0.800. The van der Waals surface area contributed by atoms with Crippen LogP contribution in [0.15, 0.2) is 18.2 Å². The van der Waals surface area contributed by atoms with E-state index in [9.17, 15) is 5.11 Å². The largest absolute Gasteiger partial charge is 0.508 e. The van der Waals surface area contributed by atoms with E-state index in [1.54, 1.807) is 0 Å². The van der Waals surface area contributed by atoms with E-state index in [0.29, 0.717) is 24.0 Å². The van der Waals surface area contributed by atoms with Crippen molar-refractivity contribution in [1.29, 1.82) is 0 Å². The third-order valence-corrected chi connectivity index (χ3v) is 8.69. The summed E-state index contributed by atoms with van der Waals surface area (Å²) in [5.41, 5.74) is 1.34. The van der Waals surface area contributed by atoms with Crippen LogP contribution < -0.4 is 0 Å². The Kier molecular flexibility index (Phi) is 7.96. The van der Waals surface area contributed by atoms with Crippen molar-refractivity contribution in [3.8, 4) is 5.75 Å². The SMILES string of the molecule is CC1CCCCC1(C)OC(C)(C)Cc1cccc(O)c1CC(C)(C)OC1(C)CCCCC1C. The van der Waals surface area contributed by atoms with Crippen molar-refractivity contribution in [2.45, 2.75) is 142 Å². The zero-order valence-electron chi connectivity index (χ0n) is 22.7. The molecule has 1 aromatic carbocycles. The van der Waals surface area contributed by atoms with E-state index in [2.05, 4.69) is 61.5 Å². The van der Waals surface area contributed by atoms with Crippen LogP contribution in [0.5, 0.6) is 5.75 Å². The quantitative estimate of drug-likeness (QED) is 0.429. The maximum atomic E-state index is 10.9. The molecule has 33 heavy (non-hydrogen) atoms. The standard InChI is InChI=1S/C30H50O3/c1-22-14-9-11-18-29(22,7)32-27(3,4)20-24-16-13-17-26(31)25(24)21-28(5,6)33-30(8)19-12-10-15-23(30)2/h13,16-17,22-23,31H,9-12,14-15,18-21H2,1-8H3. The van der Waals surface area contributed by atoms with Crippen LogP contribution in [0.25, 0.3) is 0 Å². The van der Waals surface area contributed by atoms with Gasteiger partial charge in [-0.15, -0.1) is 0 Å². The van der Waals surface area contributed by atoms with Gasteiger partial charge < -0.3 is 14.6 Å². The van der Waals surface area contributed by atoms with Gasteiger partial charge in [0.1, 0.15) is 5.75 Å². The summed E-state index contributed by atoms with van der Waals surface area (Å²) in [7, 11) is 0. The van der Waals surface area contributed by atoms with E-state index < -0.39 is 0 Å². The number of hydrogen-bond donors (Lipinski definition) is 1. The van der Waals surface area contributed by atoms with E-state index in [-0.39, 0.29) is 22.4 Å². The molecule has 0 bridgehead atoms. The fourth-order valence-electron chi connectivity index (χ4n) is 6.47. The van der Waals surface area contributed by atoms with E-state index in [1.165, 1.54) is 44.1 Å². The van der Waals surface area contributed by atoms with Crippen molar-refractivity contribution < 1.29 is 14.6 Å². The molecule has 3 heteroatoms. The number of ether oxygens (including phenoxy) is 2. The van der Waals surface area contributed by atoms with Gasteiger partial charge in [0.15, 0.2) is 0 Å². The van der Waals surface area contributed by atoms with Crippen LogP contribution in [0, 0.1) is 11.8 Å². The molecular weight excluding hydrogens is 408 g/mol. The Hall–Kier alpha value is -1.06. The molecule has 2 fully saturated rings. The molecule has 0 aromatic heterocycles. The number of hydrogen-bond acceptors (Lipinski definition) is 3. The summed E-state index contributed by atoms with van der Waals surface area (Å²) in [6, 6.07) is 5.94. The third-order valence-electron chi connectivity index (χ3n) is 8.69. The number of rotatable bonds is 8. The van der Waals surface area contributed by atoms with Crippen molar-refractivity contribution >= 4 is 0 Å². The first kappa shape index (κ1) is 26.5. The van der Waals surface area contributed by atoms with E-state index in [1.807, 2.05) is 12.1 Å². The first-order valence-corrected chi connectivity index (χ1v) is 13.5. The molecule has 0 amide bonds. The lowest BCUT2D eigenvalue weighted by molar-refractivity contribution is -0.171. The highest BCUT2D eigenvalue weighted by molar-refractivity contribution is 5.41. The molecule has 188 valence electrons. The Balaban J connectivity index is 1.78. The van der Waals surface area contributed by atoms with Gasteiger partial charge in [-0.1, -0.05) is 51.7 Å². The van der Waals surface area contributed by atoms with Gasteiger partial charge >= 0.3 is 0 Å². The minimum Gasteiger partial charge on any atom is -0.508 e. The van der Waals surface area contributed by atoms with E-state index in [0.717, 1.165) is 24.8 Å². The lowest BCUT2D eigenvalue weighted by atomic mass is 9.76. The molecule has 0 radical (unpaired) electrons. The number of phenols is 1. The summed E-state index contributed by atoms with van der Waals surface area (Å²) >= 11 is 0. The van der Waals surface area contributed by atoms with Gasteiger partial charge in [0.25, 0.3) is 0 Å². The second-order valence-corrected chi connectivity index (χ2v) is 12.9. The van der Waals surface area contributed by atoms with Crippen LogP contribution in [-0.4, -0.2) is 27.5 Å². The Morgan fingerprint density at radius 1 is 0.818 bits per heavy atom. The smallest absolute Gasteiger partial charge is 0.119 e. The van der Waals surface area contributed by atoms with Crippen molar-refractivity contribution in [2.75, 3.05) is 0 Å². The molecule has 0 aliphatic heterocycles. The highest BCUT2D eigenvalue weighted by atomic mass is 16.5. The van der Waals surface area contributed by atoms with Crippen LogP contribution in [0.3, 0.4) is 0 Å². The number of phenolic OH excluding ortho intramolecular Hbond substituents is 1. The molecule has 0 saturated heterocycles. The molecule has 4 unspecified atom stereocenters. The van der Waals surface area contributed by atoms with E-state index in [4.69, 9.17) is 9.47 Å². The van der Waals surface area contributed by atoms with Gasteiger partial charge in [-0.2, -0.15) is 0 Å². The fourth-order valence-corrected chi connectivity index (χ4v) is 6.47. The molecule has 3 rings (SSSR count). The number of aromatic hydroxyl groups is 1.